The van der Waals surface area contributed by atoms with Gasteiger partial charge in [-0.15, -0.1) is 0 Å². The third-order valence-corrected chi connectivity index (χ3v) is 0.826. The number of nitriles is 1. The lowest BCUT2D eigenvalue weighted by Gasteiger charge is -1.86. The molecule has 1 unspecified atom stereocenters. The number of allylic oxidation sites excluding steroid dienone is 2. The summed E-state index contributed by atoms with van der Waals surface area (Å²) in [5, 5.41) is 8.11. The molecule has 0 aliphatic rings. The second-order valence-corrected chi connectivity index (χ2v) is 1.88. The average Bonchev–Trinajstić information content (AvgIpc) is 1.87. The largest absolute Gasteiger partial charge is 0.388 e. The maximum Gasteiger partial charge on any atom is 0.356 e. The van der Waals surface area contributed by atoms with E-state index in [4.69, 9.17) is 9.81 Å². The maximum absolute atomic E-state index is 9.79. The fourth-order valence-electron chi connectivity index (χ4n) is 0.195. The van der Waals surface area contributed by atoms with Crippen molar-refractivity contribution in [3.63, 3.8) is 0 Å². The molecule has 0 saturated heterocycles. The number of hydrogen-bond donors (Lipinski definition) is 1. The van der Waals surface area contributed by atoms with Crippen molar-refractivity contribution in [3.8, 4) is 6.07 Å². The molecule has 0 aromatic rings. The van der Waals surface area contributed by atoms with Gasteiger partial charge in [0.25, 0.3) is 0 Å². The van der Waals surface area contributed by atoms with Crippen LogP contribution < -0.4 is 0 Å². The van der Waals surface area contributed by atoms with Gasteiger partial charge < -0.3 is 4.18 Å². The van der Waals surface area contributed by atoms with Crippen molar-refractivity contribution in [3.05, 3.63) is 24.5 Å². The van der Waals surface area contributed by atoms with Gasteiger partial charge in [-0.1, -0.05) is 6.58 Å². The third-order valence-electron chi connectivity index (χ3n) is 0.551. The minimum Gasteiger partial charge on any atom is -0.388 e. The topological polar surface area (TPSA) is 70.3 Å². The second-order valence-electron chi connectivity index (χ2n) is 1.25. The summed E-state index contributed by atoms with van der Waals surface area (Å²) < 4.78 is 21.9. The first kappa shape index (κ1) is 8.88. The lowest BCUT2D eigenvalue weighted by Crippen LogP contribution is -1.85. The van der Waals surface area contributed by atoms with E-state index in [0.717, 1.165) is 6.26 Å². The third kappa shape index (κ3) is 5.03. The first-order valence-electron chi connectivity index (χ1n) is 2.20. The Morgan fingerprint density at radius 1 is 1.90 bits per heavy atom. The molecule has 1 atom stereocenters. The molecular weight excluding hydrogens is 154 g/mol. The van der Waals surface area contributed by atoms with Gasteiger partial charge in [0.05, 0.1) is 6.07 Å². The maximum atomic E-state index is 9.79. The van der Waals surface area contributed by atoms with Crippen LogP contribution in [0.15, 0.2) is 24.5 Å². The van der Waals surface area contributed by atoms with Gasteiger partial charge in [-0.25, -0.2) is 0 Å². The summed E-state index contributed by atoms with van der Waals surface area (Å²) in [7, 11) is 0. The highest BCUT2D eigenvalue weighted by Crippen LogP contribution is 1.90. The molecule has 0 aromatic carbocycles. The van der Waals surface area contributed by atoms with Crippen LogP contribution in [0.2, 0.25) is 0 Å². The minimum absolute atomic E-state index is 0.158. The summed E-state index contributed by atoms with van der Waals surface area (Å²) in [6, 6.07) is 1.70. The summed E-state index contributed by atoms with van der Waals surface area (Å²) in [5.74, 6) is 0. The van der Waals surface area contributed by atoms with Crippen LogP contribution in [-0.4, -0.2) is 8.76 Å². The molecule has 0 aliphatic carbocycles. The van der Waals surface area contributed by atoms with E-state index >= 15 is 0 Å². The van der Waals surface area contributed by atoms with Crippen molar-refractivity contribution in [1.82, 2.24) is 0 Å². The van der Waals surface area contributed by atoms with E-state index in [2.05, 4.69) is 10.8 Å². The fraction of sp³-hybridized carbons (Fsp3) is 0. The predicted molar refractivity (Wildman–Crippen MR) is 35.7 cm³/mol. The quantitative estimate of drug-likeness (QED) is 0.285. The van der Waals surface area contributed by atoms with Crippen LogP contribution in [0, 0.1) is 11.3 Å². The summed E-state index contributed by atoms with van der Waals surface area (Å²) in [4.78, 5) is 0. The molecule has 1 N–H and O–H groups in total. The lowest BCUT2D eigenvalue weighted by molar-refractivity contribution is 0.419. The Morgan fingerprint density at radius 2 is 2.50 bits per heavy atom. The Bertz CT molecular complexity index is 215. The molecule has 0 rings (SSSR count). The van der Waals surface area contributed by atoms with Crippen LogP contribution in [0.4, 0.5) is 0 Å². The van der Waals surface area contributed by atoms with Crippen molar-refractivity contribution >= 4 is 11.4 Å². The van der Waals surface area contributed by atoms with Crippen LogP contribution in [-0.2, 0) is 15.5 Å². The van der Waals surface area contributed by atoms with Gasteiger partial charge in [0.1, 0.15) is 6.26 Å². The van der Waals surface area contributed by atoms with Gasteiger partial charge in [0.2, 0.25) is 0 Å². The SMILES string of the molecule is C=C(C#N)C=COS(=O)O. The minimum atomic E-state index is -2.32. The standard InChI is InChI=1S/C5H5NO3S/c1-5(4-6)2-3-9-10(7)8/h2-3H,1H2,(H,7,8). The van der Waals surface area contributed by atoms with E-state index in [1.807, 2.05) is 0 Å². The monoisotopic (exact) mass is 159 g/mol. The van der Waals surface area contributed by atoms with Gasteiger partial charge in [-0.2, -0.15) is 9.47 Å². The van der Waals surface area contributed by atoms with Gasteiger partial charge >= 0.3 is 11.4 Å². The van der Waals surface area contributed by atoms with Crippen LogP contribution in [0.5, 0.6) is 0 Å². The second kappa shape index (κ2) is 4.73. The molecule has 5 heteroatoms. The molecule has 0 amide bonds. The zero-order valence-corrected chi connectivity index (χ0v) is 5.80. The molecule has 54 valence electrons. The number of nitrogens with zero attached hydrogens (tertiary/aromatic N) is 1. The van der Waals surface area contributed by atoms with Crippen LogP contribution in [0.1, 0.15) is 0 Å². The highest BCUT2D eigenvalue weighted by atomic mass is 32.2. The molecule has 0 spiro atoms. The van der Waals surface area contributed by atoms with Crippen LogP contribution in [0.25, 0.3) is 0 Å². The molecule has 0 heterocycles. The Morgan fingerprint density at radius 3 is 2.90 bits per heavy atom. The van der Waals surface area contributed by atoms with Gasteiger partial charge in [-0.3, -0.25) is 4.55 Å². The summed E-state index contributed by atoms with van der Waals surface area (Å²) in [6.07, 6.45) is 2.12. The Balaban J connectivity index is 3.70. The Labute approximate surface area is 60.9 Å². The molecule has 0 saturated carbocycles. The molecule has 10 heavy (non-hydrogen) atoms. The highest BCUT2D eigenvalue weighted by molar-refractivity contribution is 7.74. The van der Waals surface area contributed by atoms with Crippen LogP contribution >= 0.6 is 0 Å². The first-order chi connectivity index (χ1) is 4.66. The number of rotatable bonds is 3. The molecule has 0 radical (unpaired) electrons. The van der Waals surface area contributed by atoms with Gasteiger partial charge in [-0.05, 0) is 6.08 Å². The van der Waals surface area contributed by atoms with E-state index < -0.39 is 11.4 Å². The first-order valence-corrected chi connectivity index (χ1v) is 3.23. The highest BCUT2D eigenvalue weighted by Gasteiger charge is 1.85. The predicted octanol–water partition coefficient (Wildman–Crippen LogP) is 0.733. The lowest BCUT2D eigenvalue weighted by atomic mass is 10.3. The summed E-state index contributed by atoms with van der Waals surface area (Å²) in [6.45, 7) is 3.26. The van der Waals surface area contributed by atoms with Gasteiger partial charge in [0.15, 0.2) is 0 Å². The molecule has 4 nitrogen and oxygen atoms in total. The van der Waals surface area contributed by atoms with E-state index in [0.29, 0.717) is 0 Å². The van der Waals surface area contributed by atoms with E-state index in [9.17, 15) is 4.21 Å². The fourth-order valence-corrected chi connectivity index (χ4v) is 0.345. The van der Waals surface area contributed by atoms with Crippen molar-refractivity contribution in [2.24, 2.45) is 0 Å². The average molecular weight is 159 g/mol. The van der Waals surface area contributed by atoms with E-state index in [1.54, 1.807) is 6.07 Å². The Kier molecular flexibility index (Phi) is 4.20. The van der Waals surface area contributed by atoms with Crippen molar-refractivity contribution < 1.29 is 12.9 Å². The van der Waals surface area contributed by atoms with Gasteiger partial charge in [0, 0.05) is 5.57 Å². The normalized spacial score (nSPS) is 12.4. The van der Waals surface area contributed by atoms with E-state index in [1.165, 1.54) is 6.08 Å². The zero-order chi connectivity index (χ0) is 7.98. The molecule has 0 bridgehead atoms. The smallest absolute Gasteiger partial charge is 0.356 e. The zero-order valence-electron chi connectivity index (χ0n) is 4.98. The van der Waals surface area contributed by atoms with E-state index in [-0.39, 0.29) is 5.57 Å². The molecule has 0 aromatic heterocycles. The Hall–Kier alpha value is -1.12. The van der Waals surface area contributed by atoms with Crippen molar-refractivity contribution in [2.75, 3.05) is 0 Å². The van der Waals surface area contributed by atoms with Crippen molar-refractivity contribution in [1.29, 1.82) is 5.26 Å². The molecular formula is C5H5NO3S. The molecule has 0 aliphatic heterocycles. The summed E-state index contributed by atoms with van der Waals surface area (Å²) >= 11 is -2.32. The number of hydrogen-bond acceptors (Lipinski definition) is 3. The van der Waals surface area contributed by atoms with Crippen LogP contribution in [0.3, 0.4) is 0 Å². The summed E-state index contributed by atoms with van der Waals surface area (Å²) in [5.41, 5.74) is 0.158. The van der Waals surface area contributed by atoms with Crippen molar-refractivity contribution in [2.45, 2.75) is 0 Å². The molecule has 0 fully saturated rings.